The number of furan rings is 1. The summed E-state index contributed by atoms with van der Waals surface area (Å²) in [6.45, 7) is 8.00. The van der Waals surface area contributed by atoms with Crippen molar-refractivity contribution in [2.45, 2.75) is 27.7 Å². The minimum atomic E-state index is 0.917. The molecule has 0 fully saturated rings. The van der Waals surface area contributed by atoms with Gasteiger partial charge in [-0.05, 0) is 96.0 Å². The fraction of sp³-hybridized carbons (Fsp3) is 0.0870. The van der Waals surface area contributed by atoms with Crippen LogP contribution >= 0.6 is 0 Å². The molecule has 0 atom stereocenters. The second-order valence-electron chi connectivity index (χ2n) is 11.3. The van der Waals surface area contributed by atoms with Crippen molar-refractivity contribution < 1.29 is 4.42 Å². The predicted molar refractivity (Wildman–Crippen MR) is 205 cm³/mol. The maximum atomic E-state index is 6.17. The SMILES string of the molecule is CC.CC.c1cc(-c2ccc3ccccc3c2)cc(-c2c3ccccc3c(-c3ccc4oc5ccccc5c4c3)c3ccccc23)c1. The monoisotopic (exact) mass is 606 g/mol. The van der Waals surface area contributed by atoms with Crippen LogP contribution in [0.1, 0.15) is 27.7 Å². The van der Waals surface area contributed by atoms with Crippen molar-refractivity contribution >= 4 is 54.3 Å². The van der Waals surface area contributed by atoms with E-state index in [0.717, 1.165) is 21.9 Å². The van der Waals surface area contributed by atoms with Crippen LogP contribution in [0, 0.1) is 0 Å². The normalized spacial score (nSPS) is 11.0. The first-order chi connectivity index (χ1) is 23.3. The Bertz CT molecular complexity index is 2460. The largest absolute Gasteiger partial charge is 0.456 e. The maximum Gasteiger partial charge on any atom is 0.135 e. The van der Waals surface area contributed by atoms with E-state index in [1.165, 1.54) is 65.7 Å². The number of para-hydroxylation sites is 1. The average Bonchev–Trinajstić information content (AvgIpc) is 3.53. The summed E-state index contributed by atoms with van der Waals surface area (Å²) in [4.78, 5) is 0. The van der Waals surface area contributed by atoms with Crippen LogP contribution in [0.15, 0.2) is 162 Å². The van der Waals surface area contributed by atoms with Gasteiger partial charge in [0, 0.05) is 10.8 Å². The van der Waals surface area contributed by atoms with Gasteiger partial charge in [-0.2, -0.15) is 0 Å². The highest BCUT2D eigenvalue weighted by atomic mass is 16.3. The number of benzene rings is 8. The molecule has 0 aliphatic carbocycles. The van der Waals surface area contributed by atoms with Crippen molar-refractivity contribution in [3.05, 3.63) is 158 Å². The first-order valence-electron chi connectivity index (χ1n) is 16.8. The number of fused-ring (bicyclic) bond motifs is 6. The van der Waals surface area contributed by atoms with Crippen LogP contribution in [0.3, 0.4) is 0 Å². The van der Waals surface area contributed by atoms with Crippen LogP contribution in [0.4, 0.5) is 0 Å². The Morgan fingerprint density at radius 3 is 1.43 bits per heavy atom. The van der Waals surface area contributed by atoms with E-state index in [2.05, 4.69) is 146 Å². The zero-order valence-electron chi connectivity index (χ0n) is 27.4. The molecule has 0 radical (unpaired) electrons. The van der Waals surface area contributed by atoms with Crippen LogP contribution < -0.4 is 0 Å². The molecule has 228 valence electrons. The number of hydrogen-bond acceptors (Lipinski definition) is 1. The second-order valence-corrected chi connectivity index (χ2v) is 11.3. The standard InChI is InChI=1S/C42H26O.2C2H6/c1-2-11-28-24-30(21-20-27(28)10-1)29-12-9-13-31(25-29)41-34-15-3-5-17-36(34)42(37-18-6-4-16-35(37)41)32-22-23-40-38(26-32)33-14-7-8-19-39(33)43-40;2*1-2/h1-26H;2*1-2H3. The number of hydrogen-bond donors (Lipinski definition) is 0. The van der Waals surface area contributed by atoms with Crippen LogP contribution in [0.25, 0.3) is 87.6 Å². The van der Waals surface area contributed by atoms with Gasteiger partial charge in [-0.1, -0.05) is 155 Å². The maximum absolute atomic E-state index is 6.17. The molecule has 0 amide bonds. The second kappa shape index (κ2) is 13.0. The predicted octanol–water partition coefficient (Wildman–Crippen LogP) is 14.1. The first-order valence-corrected chi connectivity index (χ1v) is 16.8. The Balaban J connectivity index is 0.000000848. The van der Waals surface area contributed by atoms with Gasteiger partial charge in [-0.3, -0.25) is 0 Å². The first kappa shape index (κ1) is 30.0. The molecule has 0 aliphatic heterocycles. The van der Waals surface area contributed by atoms with Crippen molar-refractivity contribution in [3.8, 4) is 33.4 Å². The van der Waals surface area contributed by atoms with Crippen molar-refractivity contribution in [1.82, 2.24) is 0 Å². The van der Waals surface area contributed by atoms with Gasteiger partial charge in [0.2, 0.25) is 0 Å². The van der Waals surface area contributed by atoms with Gasteiger partial charge in [-0.25, -0.2) is 0 Å². The molecule has 0 saturated heterocycles. The zero-order chi connectivity index (χ0) is 32.3. The molecule has 0 unspecified atom stereocenters. The fourth-order valence-corrected chi connectivity index (χ4v) is 6.86. The number of rotatable bonds is 3. The highest BCUT2D eigenvalue weighted by Gasteiger charge is 2.18. The third-order valence-corrected chi connectivity index (χ3v) is 8.83. The molecule has 1 heterocycles. The van der Waals surface area contributed by atoms with E-state index < -0.39 is 0 Å². The van der Waals surface area contributed by atoms with Gasteiger partial charge < -0.3 is 4.42 Å². The minimum absolute atomic E-state index is 0.917. The molecule has 0 N–H and O–H groups in total. The fourth-order valence-electron chi connectivity index (χ4n) is 6.86. The third kappa shape index (κ3) is 5.24. The molecule has 0 bridgehead atoms. The van der Waals surface area contributed by atoms with E-state index in [0.29, 0.717) is 0 Å². The minimum Gasteiger partial charge on any atom is -0.456 e. The molecule has 1 heteroatoms. The zero-order valence-corrected chi connectivity index (χ0v) is 27.4. The van der Waals surface area contributed by atoms with Crippen LogP contribution in [0.2, 0.25) is 0 Å². The molecule has 9 rings (SSSR count). The molecular formula is C46H38O. The Hall–Kier alpha value is -5.66. The van der Waals surface area contributed by atoms with Gasteiger partial charge in [-0.15, -0.1) is 0 Å². The molecule has 0 spiro atoms. The van der Waals surface area contributed by atoms with Gasteiger partial charge in [0.1, 0.15) is 11.2 Å². The smallest absolute Gasteiger partial charge is 0.135 e. The Labute approximate surface area is 276 Å². The lowest BCUT2D eigenvalue weighted by molar-refractivity contribution is 0.669. The van der Waals surface area contributed by atoms with Crippen molar-refractivity contribution in [2.75, 3.05) is 0 Å². The summed E-state index contributed by atoms with van der Waals surface area (Å²) in [7, 11) is 0. The third-order valence-electron chi connectivity index (χ3n) is 8.83. The Morgan fingerprint density at radius 2 is 0.766 bits per heavy atom. The summed E-state index contributed by atoms with van der Waals surface area (Å²) in [6.07, 6.45) is 0. The van der Waals surface area contributed by atoms with E-state index in [-0.39, 0.29) is 0 Å². The van der Waals surface area contributed by atoms with E-state index in [1.54, 1.807) is 0 Å². The lowest BCUT2D eigenvalue weighted by Crippen LogP contribution is -1.91. The summed E-state index contributed by atoms with van der Waals surface area (Å²) in [6, 6.07) is 56.9. The van der Waals surface area contributed by atoms with Gasteiger partial charge in [0.05, 0.1) is 0 Å². The summed E-state index contributed by atoms with van der Waals surface area (Å²) >= 11 is 0. The average molecular weight is 607 g/mol. The Morgan fingerprint density at radius 1 is 0.298 bits per heavy atom. The van der Waals surface area contributed by atoms with E-state index in [4.69, 9.17) is 4.42 Å². The summed E-state index contributed by atoms with van der Waals surface area (Å²) < 4.78 is 6.17. The van der Waals surface area contributed by atoms with Crippen molar-refractivity contribution in [1.29, 1.82) is 0 Å². The molecule has 9 aromatic rings. The Kier molecular flexibility index (Phi) is 8.29. The summed E-state index contributed by atoms with van der Waals surface area (Å²) in [5, 5.41) is 9.82. The molecule has 47 heavy (non-hydrogen) atoms. The van der Waals surface area contributed by atoms with E-state index in [1.807, 2.05) is 39.8 Å². The molecular weight excluding hydrogens is 569 g/mol. The van der Waals surface area contributed by atoms with E-state index >= 15 is 0 Å². The van der Waals surface area contributed by atoms with Gasteiger partial charge in [0.15, 0.2) is 0 Å². The summed E-state index contributed by atoms with van der Waals surface area (Å²) in [5.41, 5.74) is 9.24. The highest BCUT2D eigenvalue weighted by Crippen LogP contribution is 2.45. The van der Waals surface area contributed by atoms with Gasteiger partial charge in [0.25, 0.3) is 0 Å². The van der Waals surface area contributed by atoms with Crippen molar-refractivity contribution in [3.63, 3.8) is 0 Å². The molecule has 1 aromatic heterocycles. The molecule has 1 nitrogen and oxygen atoms in total. The molecule has 0 aliphatic rings. The quantitative estimate of drug-likeness (QED) is 0.182. The van der Waals surface area contributed by atoms with Gasteiger partial charge >= 0.3 is 0 Å². The summed E-state index contributed by atoms with van der Waals surface area (Å²) in [5.74, 6) is 0. The lowest BCUT2D eigenvalue weighted by Gasteiger charge is -2.18. The highest BCUT2D eigenvalue weighted by molar-refractivity contribution is 6.22. The van der Waals surface area contributed by atoms with E-state index in [9.17, 15) is 0 Å². The molecule has 0 saturated carbocycles. The van der Waals surface area contributed by atoms with Crippen LogP contribution in [-0.2, 0) is 0 Å². The van der Waals surface area contributed by atoms with Crippen LogP contribution in [0.5, 0.6) is 0 Å². The molecule has 8 aromatic carbocycles. The lowest BCUT2D eigenvalue weighted by atomic mass is 9.85. The topological polar surface area (TPSA) is 13.1 Å². The van der Waals surface area contributed by atoms with Crippen LogP contribution in [-0.4, -0.2) is 0 Å². The van der Waals surface area contributed by atoms with Crippen molar-refractivity contribution in [2.24, 2.45) is 0 Å².